The number of nitrogen functional groups attached to an aromatic ring is 1. The number of aryl methyl sites for hydroxylation is 1. The summed E-state index contributed by atoms with van der Waals surface area (Å²) in [4.78, 5) is 0. The van der Waals surface area contributed by atoms with Gasteiger partial charge in [0.1, 0.15) is 5.82 Å². The fraction of sp³-hybridized carbons (Fsp3) is 0.118. The van der Waals surface area contributed by atoms with E-state index >= 15 is 0 Å². The van der Waals surface area contributed by atoms with Gasteiger partial charge >= 0.3 is 0 Å². The molecule has 106 valence electrons. The third-order valence-electron chi connectivity index (χ3n) is 3.47. The minimum atomic E-state index is 0.685. The molecule has 0 aliphatic rings. The molecule has 4 heteroatoms. The molecule has 0 radical (unpaired) electrons. The van der Waals surface area contributed by atoms with Crippen molar-refractivity contribution in [1.82, 2.24) is 9.78 Å². The molecule has 0 bridgehead atoms. The molecule has 3 nitrogen and oxygen atoms in total. The van der Waals surface area contributed by atoms with Gasteiger partial charge in [0, 0.05) is 10.0 Å². The maximum atomic E-state index is 6.31. The van der Waals surface area contributed by atoms with E-state index in [0.29, 0.717) is 12.4 Å². The van der Waals surface area contributed by atoms with Crippen LogP contribution in [0.25, 0.3) is 11.1 Å². The van der Waals surface area contributed by atoms with Crippen LogP contribution in [0.3, 0.4) is 0 Å². The summed E-state index contributed by atoms with van der Waals surface area (Å²) >= 11 is 3.45. The molecule has 0 atom stereocenters. The number of anilines is 1. The summed E-state index contributed by atoms with van der Waals surface area (Å²) in [6.07, 6.45) is 0. The largest absolute Gasteiger partial charge is 0.383 e. The molecule has 0 unspecified atom stereocenters. The molecule has 0 aliphatic carbocycles. The lowest BCUT2D eigenvalue weighted by Crippen LogP contribution is -2.06. The SMILES string of the molecule is Cc1nn(Cc2ccccc2)c(N)c1-c1ccc(Br)cc1. The van der Waals surface area contributed by atoms with Gasteiger partial charge in [-0.25, -0.2) is 4.68 Å². The van der Waals surface area contributed by atoms with Gasteiger partial charge in [0.25, 0.3) is 0 Å². The molecule has 3 aromatic rings. The average molecular weight is 342 g/mol. The Bertz CT molecular complexity index is 746. The number of halogens is 1. The van der Waals surface area contributed by atoms with E-state index in [1.54, 1.807) is 0 Å². The quantitative estimate of drug-likeness (QED) is 0.773. The summed E-state index contributed by atoms with van der Waals surface area (Å²) in [5, 5.41) is 4.58. The predicted octanol–water partition coefficient (Wildman–Crippen LogP) is 4.25. The summed E-state index contributed by atoms with van der Waals surface area (Å²) in [6, 6.07) is 18.4. The first-order valence-corrected chi connectivity index (χ1v) is 7.57. The lowest BCUT2D eigenvalue weighted by molar-refractivity contribution is 0.689. The van der Waals surface area contributed by atoms with Crippen molar-refractivity contribution in [3.05, 3.63) is 70.3 Å². The molecular weight excluding hydrogens is 326 g/mol. The summed E-state index contributed by atoms with van der Waals surface area (Å²) in [5.74, 6) is 0.707. The Hall–Kier alpha value is -2.07. The van der Waals surface area contributed by atoms with Crippen molar-refractivity contribution in [2.75, 3.05) is 5.73 Å². The first-order valence-electron chi connectivity index (χ1n) is 6.78. The molecule has 0 amide bonds. The molecule has 2 aromatic carbocycles. The molecule has 3 rings (SSSR count). The lowest BCUT2D eigenvalue weighted by Gasteiger charge is -2.06. The zero-order valence-corrected chi connectivity index (χ0v) is 13.3. The van der Waals surface area contributed by atoms with Gasteiger partial charge in [-0.15, -0.1) is 0 Å². The van der Waals surface area contributed by atoms with Crippen molar-refractivity contribution < 1.29 is 0 Å². The Labute approximate surface area is 132 Å². The zero-order valence-electron chi connectivity index (χ0n) is 11.8. The Morgan fingerprint density at radius 2 is 1.71 bits per heavy atom. The molecule has 0 aliphatic heterocycles. The van der Waals surface area contributed by atoms with Crippen LogP contribution in [-0.2, 0) is 6.54 Å². The zero-order chi connectivity index (χ0) is 14.8. The van der Waals surface area contributed by atoms with Gasteiger partial charge in [0.05, 0.1) is 12.2 Å². The minimum Gasteiger partial charge on any atom is -0.383 e. The van der Waals surface area contributed by atoms with E-state index in [1.165, 1.54) is 5.56 Å². The van der Waals surface area contributed by atoms with E-state index in [0.717, 1.165) is 21.3 Å². The highest BCUT2D eigenvalue weighted by atomic mass is 79.9. The number of aromatic nitrogens is 2. The van der Waals surface area contributed by atoms with E-state index in [9.17, 15) is 0 Å². The van der Waals surface area contributed by atoms with Crippen LogP contribution in [0.4, 0.5) is 5.82 Å². The van der Waals surface area contributed by atoms with E-state index in [2.05, 4.69) is 45.3 Å². The molecular formula is C17H16BrN3. The van der Waals surface area contributed by atoms with E-state index < -0.39 is 0 Å². The van der Waals surface area contributed by atoms with E-state index in [-0.39, 0.29) is 0 Å². The van der Waals surface area contributed by atoms with Gasteiger partial charge in [-0.05, 0) is 30.2 Å². The highest BCUT2D eigenvalue weighted by Gasteiger charge is 2.14. The van der Waals surface area contributed by atoms with Crippen LogP contribution in [0.15, 0.2) is 59.1 Å². The van der Waals surface area contributed by atoms with Gasteiger partial charge in [0.15, 0.2) is 0 Å². The number of hydrogen-bond acceptors (Lipinski definition) is 2. The van der Waals surface area contributed by atoms with E-state index in [1.807, 2.05) is 41.9 Å². The Morgan fingerprint density at radius 3 is 2.38 bits per heavy atom. The van der Waals surface area contributed by atoms with Crippen molar-refractivity contribution in [3.63, 3.8) is 0 Å². The van der Waals surface area contributed by atoms with Crippen LogP contribution in [0, 0.1) is 6.92 Å². The molecule has 0 spiro atoms. The van der Waals surface area contributed by atoms with Crippen molar-refractivity contribution in [3.8, 4) is 11.1 Å². The number of hydrogen-bond donors (Lipinski definition) is 1. The Kier molecular flexibility index (Phi) is 3.80. The van der Waals surface area contributed by atoms with Gasteiger partial charge in [-0.3, -0.25) is 0 Å². The van der Waals surface area contributed by atoms with Gasteiger partial charge < -0.3 is 5.73 Å². The minimum absolute atomic E-state index is 0.685. The van der Waals surface area contributed by atoms with Crippen LogP contribution >= 0.6 is 15.9 Å². The highest BCUT2D eigenvalue weighted by Crippen LogP contribution is 2.30. The van der Waals surface area contributed by atoms with Crippen molar-refractivity contribution >= 4 is 21.7 Å². The highest BCUT2D eigenvalue weighted by molar-refractivity contribution is 9.10. The van der Waals surface area contributed by atoms with Crippen LogP contribution in [0.1, 0.15) is 11.3 Å². The summed E-state index contributed by atoms with van der Waals surface area (Å²) in [5.41, 5.74) is 10.6. The fourth-order valence-corrected chi connectivity index (χ4v) is 2.71. The summed E-state index contributed by atoms with van der Waals surface area (Å²) < 4.78 is 2.92. The maximum Gasteiger partial charge on any atom is 0.130 e. The van der Waals surface area contributed by atoms with Crippen molar-refractivity contribution in [1.29, 1.82) is 0 Å². The molecule has 1 heterocycles. The molecule has 1 aromatic heterocycles. The summed E-state index contributed by atoms with van der Waals surface area (Å²) in [7, 11) is 0. The Balaban J connectivity index is 1.98. The fourth-order valence-electron chi connectivity index (χ4n) is 2.45. The van der Waals surface area contributed by atoms with Crippen LogP contribution < -0.4 is 5.73 Å². The molecule has 0 saturated heterocycles. The second-order valence-electron chi connectivity index (χ2n) is 5.00. The van der Waals surface area contributed by atoms with Gasteiger partial charge in [-0.2, -0.15) is 5.10 Å². The van der Waals surface area contributed by atoms with Crippen molar-refractivity contribution in [2.45, 2.75) is 13.5 Å². The van der Waals surface area contributed by atoms with E-state index in [4.69, 9.17) is 5.73 Å². The second kappa shape index (κ2) is 5.74. The smallest absolute Gasteiger partial charge is 0.130 e. The summed E-state index contributed by atoms with van der Waals surface area (Å²) in [6.45, 7) is 2.68. The van der Waals surface area contributed by atoms with Crippen LogP contribution in [-0.4, -0.2) is 9.78 Å². The lowest BCUT2D eigenvalue weighted by atomic mass is 10.1. The maximum absolute atomic E-state index is 6.31. The van der Waals surface area contributed by atoms with Crippen molar-refractivity contribution in [2.24, 2.45) is 0 Å². The molecule has 2 N–H and O–H groups in total. The third-order valence-corrected chi connectivity index (χ3v) is 4.00. The standard InChI is InChI=1S/C17H16BrN3/c1-12-16(14-7-9-15(18)10-8-14)17(19)21(20-12)11-13-5-3-2-4-6-13/h2-10H,11,19H2,1H3. The average Bonchev–Trinajstić information content (AvgIpc) is 2.76. The normalized spacial score (nSPS) is 10.8. The van der Waals surface area contributed by atoms with Crippen LogP contribution in [0.5, 0.6) is 0 Å². The van der Waals surface area contributed by atoms with Gasteiger partial charge in [-0.1, -0.05) is 58.4 Å². The number of benzene rings is 2. The molecule has 0 fully saturated rings. The first-order chi connectivity index (χ1) is 10.1. The second-order valence-corrected chi connectivity index (χ2v) is 5.91. The van der Waals surface area contributed by atoms with Gasteiger partial charge in [0.2, 0.25) is 0 Å². The third kappa shape index (κ3) is 2.85. The predicted molar refractivity (Wildman–Crippen MR) is 90.1 cm³/mol. The number of nitrogens with two attached hydrogens (primary N) is 1. The topological polar surface area (TPSA) is 43.8 Å². The first kappa shape index (κ1) is 13.9. The van der Waals surface area contributed by atoms with Crippen LogP contribution in [0.2, 0.25) is 0 Å². The number of rotatable bonds is 3. The monoisotopic (exact) mass is 341 g/mol. The molecule has 0 saturated carbocycles. The molecule has 21 heavy (non-hydrogen) atoms. The Morgan fingerprint density at radius 1 is 1.05 bits per heavy atom. The number of nitrogens with zero attached hydrogens (tertiary/aromatic N) is 2.